The summed E-state index contributed by atoms with van der Waals surface area (Å²) in [6.07, 6.45) is 0.940. The Morgan fingerprint density at radius 2 is 1.94 bits per heavy atom. The van der Waals surface area contributed by atoms with Gasteiger partial charge in [-0.3, -0.25) is 0 Å². The van der Waals surface area contributed by atoms with Gasteiger partial charge in [-0.05, 0) is 36.8 Å². The van der Waals surface area contributed by atoms with Crippen molar-refractivity contribution in [2.45, 2.75) is 26.8 Å². The highest BCUT2D eigenvalue weighted by Gasteiger charge is 2.02. The van der Waals surface area contributed by atoms with Crippen LogP contribution in [-0.2, 0) is 13.0 Å². The minimum absolute atomic E-state index is 0.720. The number of aryl methyl sites for hydroxylation is 2. The Labute approximate surface area is 110 Å². The SMILES string of the molecule is CCc1ccc(CNc2cc(Br)ccc2C)o1. The smallest absolute Gasteiger partial charge is 0.123 e. The molecule has 0 radical (unpaired) electrons. The van der Waals surface area contributed by atoms with Gasteiger partial charge in [-0.25, -0.2) is 0 Å². The Morgan fingerprint density at radius 1 is 1.18 bits per heavy atom. The number of rotatable bonds is 4. The third kappa shape index (κ3) is 3.13. The van der Waals surface area contributed by atoms with Gasteiger partial charge in [0.1, 0.15) is 11.5 Å². The molecule has 0 aliphatic carbocycles. The molecule has 0 spiro atoms. The molecule has 17 heavy (non-hydrogen) atoms. The Morgan fingerprint density at radius 3 is 2.65 bits per heavy atom. The zero-order valence-corrected chi connectivity index (χ0v) is 11.7. The van der Waals surface area contributed by atoms with E-state index in [2.05, 4.69) is 47.2 Å². The fourth-order valence-corrected chi connectivity index (χ4v) is 2.04. The van der Waals surface area contributed by atoms with Crippen LogP contribution in [0.4, 0.5) is 5.69 Å². The lowest BCUT2D eigenvalue weighted by atomic mass is 10.2. The van der Waals surface area contributed by atoms with Gasteiger partial charge in [0.25, 0.3) is 0 Å². The highest BCUT2D eigenvalue weighted by molar-refractivity contribution is 9.10. The minimum Gasteiger partial charge on any atom is -0.464 e. The third-order valence-electron chi connectivity index (χ3n) is 2.72. The van der Waals surface area contributed by atoms with Crippen molar-refractivity contribution >= 4 is 21.6 Å². The molecule has 1 aromatic heterocycles. The first kappa shape index (κ1) is 12.2. The number of hydrogen-bond acceptors (Lipinski definition) is 2. The van der Waals surface area contributed by atoms with E-state index in [0.29, 0.717) is 0 Å². The normalized spacial score (nSPS) is 10.5. The van der Waals surface area contributed by atoms with E-state index in [1.807, 2.05) is 18.2 Å². The lowest BCUT2D eigenvalue weighted by molar-refractivity contribution is 0.476. The summed E-state index contributed by atoms with van der Waals surface area (Å²) < 4.78 is 6.73. The van der Waals surface area contributed by atoms with E-state index in [1.165, 1.54) is 5.56 Å². The maximum absolute atomic E-state index is 5.65. The predicted octanol–water partition coefficient (Wildman–Crippen LogP) is 4.53. The summed E-state index contributed by atoms with van der Waals surface area (Å²) in [5.74, 6) is 2.01. The number of hydrogen-bond donors (Lipinski definition) is 1. The zero-order chi connectivity index (χ0) is 12.3. The summed E-state index contributed by atoms with van der Waals surface area (Å²) in [5.41, 5.74) is 2.37. The molecule has 2 aromatic rings. The zero-order valence-electron chi connectivity index (χ0n) is 10.1. The molecule has 0 atom stereocenters. The average molecular weight is 294 g/mol. The van der Waals surface area contributed by atoms with Gasteiger partial charge in [0.15, 0.2) is 0 Å². The number of furan rings is 1. The van der Waals surface area contributed by atoms with Crippen molar-refractivity contribution in [3.8, 4) is 0 Å². The molecule has 0 aliphatic rings. The van der Waals surface area contributed by atoms with Gasteiger partial charge in [-0.1, -0.05) is 28.9 Å². The van der Waals surface area contributed by atoms with Crippen molar-refractivity contribution in [3.05, 3.63) is 51.9 Å². The molecule has 2 nitrogen and oxygen atoms in total. The summed E-state index contributed by atoms with van der Waals surface area (Å²) >= 11 is 3.47. The molecule has 2 rings (SSSR count). The van der Waals surface area contributed by atoms with Gasteiger partial charge in [0, 0.05) is 16.6 Å². The second-order valence-electron chi connectivity index (χ2n) is 4.03. The van der Waals surface area contributed by atoms with Gasteiger partial charge in [-0.15, -0.1) is 0 Å². The van der Waals surface area contributed by atoms with Crippen LogP contribution in [-0.4, -0.2) is 0 Å². The number of benzene rings is 1. The average Bonchev–Trinajstić information content (AvgIpc) is 2.78. The fraction of sp³-hybridized carbons (Fsp3) is 0.286. The molecule has 0 bridgehead atoms. The molecule has 0 unspecified atom stereocenters. The maximum atomic E-state index is 5.65. The number of anilines is 1. The van der Waals surface area contributed by atoms with Gasteiger partial charge < -0.3 is 9.73 Å². The molecule has 0 saturated carbocycles. The first-order valence-electron chi connectivity index (χ1n) is 5.76. The molecular formula is C14H16BrNO. The summed E-state index contributed by atoms with van der Waals surface area (Å²) in [5, 5.41) is 3.38. The Bertz CT molecular complexity index is 505. The van der Waals surface area contributed by atoms with Crippen LogP contribution in [0.25, 0.3) is 0 Å². The summed E-state index contributed by atoms with van der Waals surface area (Å²) in [6.45, 7) is 4.90. The van der Waals surface area contributed by atoms with Crippen LogP contribution in [0.5, 0.6) is 0 Å². The second kappa shape index (κ2) is 5.41. The van der Waals surface area contributed by atoms with Crippen molar-refractivity contribution in [3.63, 3.8) is 0 Å². The molecule has 1 N–H and O–H groups in total. The topological polar surface area (TPSA) is 25.2 Å². The highest BCUT2D eigenvalue weighted by Crippen LogP contribution is 2.21. The molecule has 0 aliphatic heterocycles. The van der Waals surface area contributed by atoms with E-state index in [4.69, 9.17) is 4.42 Å². The van der Waals surface area contributed by atoms with Gasteiger partial charge in [0.2, 0.25) is 0 Å². The van der Waals surface area contributed by atoms with Crippen LogP contribution in [0.3, 0.4) is 0 Å². The largest absolute Gasteiger partial charge is 0.464 e. The molecule has 0 saturated heterocycles. The van der Waals surface area contributed by atoms with Crippen molar-refractivity contribution in [1.29, 1.82) is 0 Å². The molecular weight excluding hydrogens is 278 g/mol. The van der Waals surface area contributed by atoms with Crippen LogP contribution < -0.4 is 5.32 Å². The lowest BCUT2D eigenvalue weighted by Gasteiger charge is -2.08. The molecule has 0 amide bonds. The van der Waals surface area contributed by atoms with Crippen molar-refractivity contribution in [2.24, 2.45) is 0 Å². The standard InChI is InChI=1S/C14H16BrNO/c1-3-12-6-7-13(17-12)9-16-14-8-11(15)5-4-10(14)2/h4-8,16H,3,9H2,1-2H3. The Balaban J connectivity index is 2.04. The maximum Gasteiger partial charge on any atom is 0.123 e. The van der Waals surface area contributed by atoms with Gasteiger partial charge in [0.05, 0.1) is 6.54 Å². The summed E-state index contributed by atoms with van der Waals surface area (Å²) in [4.78, 5) is 0. The molecule has 90 valence electrons. The Kier molecular flexibility index (Phi) is 3.89. The fourth-order valence-electron chi connectivity index (χ4n) is 1.67. The molecule has 3 heteroatoms. The number of halogens is 1. The van der Waals surface area contributed by atoms with E-state index >= 15 is 0 Å². The van der Waals surface area contributed by atoms with E-state index in [1.54, 1.807) is 0 Å². The minimum atomic E-state index is 0.720. The van der Waals surface area contributed by atoms with E-state index in [0.717, 1.165) is 34.6 Å². The quantitative estimate of drug-likeness (QED) is 0.896. The third-order valence-corrected chi connectivity index (χ3v) is 3.21. The second-order valence-corrected chi connectivity index (χ2v) is 4.95. The van der Waals surface area contributed by atoms with Crippen molar-refractivity contribution < 1.29 is 4.42 Å². The van der Waals surface area contributed by atoms with Crippen LogP contribution in [0.2, 0.25) is 0 Å². The summed E-state index contributed by atoms with van der Waals surface area (Å²) in [6, 6.07) is 10.3. The van der Waals surface area contributed by atoms with E-state index < -0.39 is 0 Å². The highest BCUT2D eigenvalue weighted by atomic mass is 79.9. The number of nitrogens with one attached hydrogen (secondary N) is 1. The lowest BCUT2D eigenvalue weighted by Crippen LogP contribution is -1.99. The van der Waals surface area contributed by atoms with Crippen LogP contribution in [0.15, 0.2) is 39.2 Å². The van der Waals surface area contributed by atoms with Crippen molar-refractivity contribution in [1.82, 2.24) is 0 Å². The van der Waals surface area contributed by atoms with Crippen LogP contribution in [0, 0.1) is 6.92 Å². The van der Waals surface area contributed by atoms with Gasteiger partial charge >= 0.3 is 0 Å². The molecule has 1 heterocycles. The van der Waals surface area contributed by atoms with Crippen LogP contribution in [0.1, 0.15) is 24.0 Å². The van der Waals surface area contributed by atoms with E-state index in [9.17, 15) is 0 Å². The first-order chi connectivity index (χ1) is 8.19. The monoisotopic (exact) mass is 293 g/mol. The van der Waals surface area contributed by atoms with Crippen molar-refractivity contribution in [2.75, 3.05) is 5.32 Å². The van der Waals surface area contributed by atoms with Crippen LogP contribution >= 0.6 is 15.9 Å². The predicted molar refractivity (Wildman–Crippen MR) is 74.3 cm³/mol. The first-order valence-corrected chi connectivity index (χ1v) is 6.56. The Hall–Kier alpha value is -1.22. The summed E-state index contributed by atoms with van der Waals surface area (Å²) in [7, 11) is 0. The molecule has 1 aromatic carbocycles. The van der Waals surface area contributed by atoms with Gasteiger partial charge in [-0.2, -0.15) is 0 Å². The molecule has 0 fully saturated rings. The van der Waals surface area contributed by atoms with E-state index in [-0.39, 0.29) is 0 Å².